The van der Waals surface area contributed by atoms with E-state index >= 15 is 0 Å². The Kier molecular flexibility index (Phi) is 6.99. The Hall–Kier alpha value is -4.06. The Bertz CT molecular complexity index is 1130. The highest BCUT2D eigenvalue weighted by molar-refractivity contribution is 5.92. The zero-order valence-corrected chi connectivity index (χ0v) is 16.3. The van der Waals surface area contributed by atoms with Gasteiger partial charge in [-0.1, -0.05) is 12.1 Å². The summed E-state index contributed by atoms with van der Waals surface area (Å²) in [5.41, 5.74) is 5.88. The minimum atomic E-state index is -1.34. The molecule has 30 heavy (non-hydrogen) atoms. The number of hydrogen-bond donors (Lipinski definition) is 3. The number of methoxy groups -OCH3 is 2. The van der Waals surface area contributed by atoms with E-state index in [0.717, 1.165) is 23.3 Å². The number of fused-ring (bicyclic) bond motifs is 1. The molecule has 0 unspecified atom stereocenters. The zero-order valence-electron chi connectivity index (χ0n) is 16.3. The van der Waals surface area contributed by atoms with Crippen molar-refractivity contribution in [1.82, 2.24) is 19.6 Å². The molecule has 0 saturated carbocycles. The number of aromatic amines is 1. The van der Waals surface area contributed by atoms with Gasteiger partial charge in [0.1, 0.15) is 0 Å². The quantitative estimate of drug-likeness (QED) is 0.503. The summed E-state index contributed by atoms with van der Waals surface area (Å²) in [5.74, 6) is -2.69. The number of carboxylic acid groups (broad SMARTS) is 1. The number of rotatable bonds is 4. The van der Waals surface area contributed by atoms with Crippen LogP contribution in [0.25, 0.3) is 5.78 Å². The number of nitrogens with two attached hydrogens (primary N) is 1. The number of hydrogen-bond acceptors (Lipinski definition) is 9. The first-order valence-corrected chi connectivity index (χ1v) is 8.43. The first-order valence-electron chi connectivity index (χ1n) is 8.43. The van der Waals surface area contributed by atoms with Crippen molar-refractivity contribution in [1.29, 1.82) is 0 Å². The monoisotopic (exact) mass is 417 g/mol. The minimum absolute atomic E-state index is 0.00769. The number of aromatic carboxylic acids is 1. The van der Waals surface area contributed by atoms with E-state index < -0.39 is 23.3 Å². The van der Waals surface area contributed by atoms with Crippen LogP contribution in [0.4, 0.5) is 0 Å². The molecule has 0 fully saturated rings. The Morgan fingerprint density at radius 2 is 1.70 bits per heavy atom. The Balaban J connectivity index is 0.000000222. The van der Waals surface area contributed by atoms with Gasteiger partial charge < -0.3 is 20.3 Å². The predicted molar refractivity (Wildman–Crippen MR) is 102 cm³/mol. The van der Waals surface area contributed by atoms with Crippen LogP contribution in [-0.4, -0.2) is 56.8 Å². The van der Waals surface area contributed by atoms with Crippen molar-refractivity contribution in [3.05, 3.63) is 63.3 Å². The normalized spacial score (nSPS) is 11.2. The molecule has 0 amide bonds. The third-order valence-electron chi connectivity index (χ3n) is 3.82. The average molecular weight is 417 g/mol. The van der Waals surface area contributed by atoms with E-state index in [1.54, 1.807) is 12.1 Å². The molecule has 0 radical (unpaired) electrons. The van der Waals surface area contributed by atoms with Crippen molar-refractivity contribution in [2.45, 2.75) is 13.0 Å². The molecule has 1 aromatic carbocycles. The summed E-state index contributed by atoms with van der Waals surface area (Å²) in [4.78, 5) is 51.2. The van der Waals surface area contributed by atoms with E-state index in [1.165, 1.54) is 7.11 Å². The standard InChI is InChI=1S/C10H13NO2.C8H6N4O5/c1-7(11)8-3-5-9(6-4-8)10(12)13-2;1-17-6(15)4-2-3(5(13)14)9-7-10-8(16)11-12(4)7/h3-7H,11H2,1-2H3;2H,1H3,(H,11,16)(H,13,14)/t7-;/m1./s1. The van der Waals surface area contributed by atoms with Crippen molar-refractivity contribution < 1.29 is 29.0 Å². The number of benzene rings is 1. The molecule has 12 heteroatoms. The Morgan fingerprint density at radius 1 is 1.10 bits per heavy atom. The second-order valence-corrected chi connectivity index (χ2v) is 5.89. The highest BCUT2D eigenvalue weighted by Gasteiger charge is 2.18. The van der Waals surface area contributed by atoms with Crippen molar-refractivity contribution in [3.63, 3.8) is 0 Å². The number of esters is 2. The number of nitrogens with zero attached hydrogens (tertiary/aromatic N) is 3. The molecule has 0 bridgehead atoms. The van der Waals surface area contributed by atoms with Gasteiger partial charge in [-0.2, -0.15) is 4.98 Å². The lowest BCUT2D eigenvalue weighted by Crippen LogP contribution is -2.14. The SMILES string of the molecule is COC(=O)c1cc(C(=O)O)nc2nc(=O)[nH]n12.COC(=O)c1ccc([C@@H](C)N)cc1. The Labute approximate surface area is 169 Å². The first kappa shape index (κ1) is 22.2. The summed E-state index contributed by atoms with van der Waals surface area (Å²) in [6, 6.07) is 8.06. The topological polar surface area (TPSA) is 179 Å². The van der Waals surface area contributed by atoms with Gasteiger partial charge in [0.2, 0.25) is 0 Å². The molecule has 3 rings (SSSR count). The highest BCUT2D eigenvalue weighted by atomic mass is 16.5. The molecule has 4 N–H and O–H groups in total. The van der Waals surface area contributed by atoms with Gasteiger partial charge in [-0.15, -0.1) is 0 Å². The van der Waals surface area contributed by atoms with Crippen molar-refractivity contribution in [3.8, 4) is 0 Å². The second-order valence-electron chi connectivity index (χ2n) is 5.89. The van der Waals surface area contributed by atoms with Crippen molar-refractivity contribution in [2.75, 3.05) is 14.2 Å². The summed E-state index contributed by atoms with van der Waals surface area (Å²) in [7, 11) is 2.49. The van der Waals surface area contributed by atoms with E-state index in [1.807, 2.05) is 19.1 Å². The van der Waals surface area contributed by atoms with Crippen LogP contribution >= 0.6 is 0 Å². The first-order chi connectivity index (χ1) is 14.2. The van der Waals surface area contributed by atoms with E-state index in [0.29, 0.717) is 5.56 Å². The molecule has 158 valence electrons. The maximum absolute atomic E-state index is 11.4. The van der Waals surface area contributed by atoms with Gasteiger partial charge in [0.15, 0.2) is 11.4 Å². The summed E-state index contributed by atoms with van der Waals surface area (Å²) in [6.45, 7) is 1.90. The number of carboxylic acids is 1. The molecular formula is C18H19N5O7. The van der Waals surface area contributed by atoms with E-state index in [2.05, 4.69) is 24.5 Å². The summed E-state index contributed by atoms with van der Waals surface area (Å²) in [6.07, 6.45) is 0. The zero-order chi connectivity index (χ0) is 22.4. The maximum Gasteiger partial charge on any atom is 0.363 e. The number of H-pyrrole nitrogens is 1. The molecule has 1 atom stereocenters. The van der Waals surface area contributed by atoms with Gasteiger partial charge in [0.05, 0.1) is 19.8 Å². The number of aromatic nitrogens is 4. The number of ether oxygens (including phenoxy) is 2. The largest absolute Gasteiger partial charge is 0.477 e. The van der Waals surface area contributed by atoms with Crippen LogP contribution < -0.4 is 11.4 Å². The van der Waals surface area contributed by atoms with E-state index in [-0.39, 0.29) is 23.5 Å². The lowest BCUT2D eigenvalue weighted by molar-refractivity contribution is 0.0585. The van der Waals surface area contributed by atoms with E-state index in [4.69, 9.17) is 10.8 Å². The number of nitrogens with one attached hydrogen (secondary N) is 1. The smallest absolute Gasteiger partial charge is 0.363 e. The van der Waals surface area contributed by atoms with Crippen LogP contribution in [0.5, 0.6) is 0 Å². The van der Waals surface area contributed by atoms with Gasteiger partial charge in [0.25, 0.3) is 5.78 Å². The Morgan fingerprint density at radius 3 is 2.20 bits per heavy atom. The molecule has 2 aromatic heterocycles. The lowest BCUT2D eigenvalue weighted by Gasteiger charge is -2.05. The van der Waals surface area contributed by atoms with E-state index in [9.17, 15) is 19.2 Å². The molecule has 3 aromatic rings. The van der Waals surface area contributed by atoms with Gasteiger partial charge in [0, 0.05) is 12.1 Å². The van der Waals surface area contributed by atoms with Gasteiger partial charge in [-0.05, 0) is 24.6 Å². The van der Waals surface area contributed by atoms with Gasteiger partial charge >= 0.3 is 23.6 Å². The molecule has 0 saturated heterocycles. The summed E-state index contributed by atoms with van der Waals surface area (Å²) < 4.78 is 9.98. The van der Waals surface area contributed by atoms with Crippen LogP contribution in [0.15, 0.2) is 35.1 Å². The molecule has 0 aliphatic heterocycles. The molecule has 12 nitrogen and oxygen atoms in total. The van der Waals surface area contributed by atoms with Crippen LogP contribution in [0, 0.1) is 0 Å². The number of carbonyl (C=O) groups is 3. The fraction of sp³-hybridized carbons (Fsp3) is 0.222. The minimum Gasteiger partial charge on any atom is -0.477 e. The predicted octanol–water partition coefficient (Wildman–Crippen LogP) is 0.395. The molecule has 0 aliphatic rings. The molecule has 0 aliphatic carbocycles. The fourth-order valence-electron chi connectivity index (χ4n) is 2.29. The fourth-order valence-corrected chi connectivity index (χ4v) is 2.29. The summed E-state index contributed by atoms with van der Waals surface area (Å²) in [5, 5.41) is 11.0. The average Bonchev–Trinajstić information content (AvgIpc) is 3.12. The van der Waals surface area contributed by atoms with Crippen LogP contribution in [0.2, 0.25) is 0 Å². The van der Waals surface area contributed by atoms with Crippen LogP contribution in [0.1, 0.15) is 49.9 Å². The van der Waals surface area contributed by atoms with Crippen LogP contribution in [-0.2, 0) is 9.47 Å². The third-order valence-corrected chi connectivity index (χ3v) is 3.82. The second kappa shape index (κ2) is 9.43. The highest BCUT2D eigenvalue weighted by Crippen LogP contribution is 2.11. The van der Waals surface area contributed by atoms with Crippen molar-refractivity contribution in [2.24, 2.45) is 5.73 Å². The molecular weight excluding hydrogens is 398 g/mol. The maximum atomic E-state index is 11.4. The van der Waals surface area contributed by atoms with Crippen molar-refractivity contribution >= 4 is 23.7 Å². The molecule has 0 spiro atoms. The molecule has 2 heterocycles. The lowest BCUT2D eigenvalue weighted by atomic mass is 10.1. The van der Waals surface area contributed by atoms with Gasteiger partial charge in [-0.25, -0.2) is 33.8 Å². The van der Waals surface area contributed by atoms with Crippen LogP contribution in [0.3, 0.4) is 0 Å². The van der Waals surface area contributed by atoms with Gasteiger partial charge in [-0.3, -0.25) is 0 Å². The number of carbonyl (C=O) groups excluding carboxylic acids is 2. The summed E-state index contributed by atoms with van der Waals surface area (Å²) >= 11 is 0. The third kappa shape index (κ3) is 5.05.